The third kappa shape index (κ3) is 3.31. The zero-order valence-corrected chi connectivity index (χ0v) is 14.7. The van der Waals surface area contributed by atoms with E-state index >= 15 is 0 Å². The van der Waals surface area contributed by atoms with E-state index in [4.69, 9.17) is 9.47 Å². The Bertz CT molecular complexity index is 805. The Labute approximate surface area is 152 Å². The second-order valence-electron chi connectivity index (χ2n) is 5.74. The first-order chi connectivity index (χ1) is 12.7. The number of hydrogen-bond acceptors (Lipinski definition) is 6. The first kappa shape index (κ1) is 17.7. The number of esters is 2. The van der Waals surface area contributed by atoms with Crippen LogP contribution in [-0.2, 0) is 19.1 Å². The molecule has 0 unspecified atom stereocenters. The Kier molecular flexibility index (Phi) is 5.31. The van der Waals surface area contributed by atoms with Gasteiger partial charge in [0.05, 0.1) is 25.4 Å². The van der Waals surface area contributed by atoms with Gasteiger partial charge in [-0.3, -0.25) is 9.80 Å². The summed E-state index contributed by atoms with van der Waals surface area (Å²) in [6.07, 6.45) is 0. The third-order valence-corrected chi connectivity index (χ3v) is 4.19. The number of nitrogens with zero attached hydrogens (tertiary/aromatic N) is 2. The number of methoxy groups -OCH3 is 1. The molecule has 0 fully saturated rings. The number of hydrogen-bond donors (Lipinski definition) is 0. The zero-order chi connectivity index (χ0) is 18.5. The van der Waals surface area contributed by atoms with Crippen LogP contribution in [0, 0.1) is 5.92 Å². The Balaban J connectivity index is 2.12. The molecule has 1 aliphatic rings. The molecule has 0 aliphatic carbocycles. The highest BCUT2D eigenvalue weighted by Crippen LogP contribution is 2.40. The number of ether oxygens (including phenoxy) is 2. The molecular formula is C20H20N2O4. The smallest absolute Gasteiger partial charge is 0.355 e. The van der Waals surface area contributed by atoms with Crippen LogP contribution in [0.25, 0.3) is 0 Å². The van der Waals surface area contributed by atoms with Gasteiger partial charge in [0.2, 0.25) is 0 Å². The maximum atomic E-state index is 12.6. The number of para-hydroxylation sites is 1. The highest BCUT2D eigenvalue weighted by molar-refractivity contribution is 6.41. The van der Waals surface area contributed by atoms with E-state index < -0.39 is 23.9 Å². The first-order valence-electron chi connectivity index (χ1n) is 8.40. The zero-order valence-electron chi connectivity index (χ0n) is 14.7. The van der Waals surface area contributed by atoms with E-state index in [1.54, 1.807) is 11.9 Å². The van der Waals surface area contributed by atoms with Gasteiger partial charge in [-0.2, -0.15) is 5.10 Å². The molecule has 0 saturated heterocycles. The molecular weight excluding hydrogens is 332 g/mol. The van der Waals surface area contributed by atoms with Gasteiger partial charge in [0.15, 0.2) is 5.71 Å². The van der Waals surface area contributed by atoms with E-state index in [-0.39, 0.29) is 12.3 Å². The second kappa shape index (κ2) is 7.82. The number of benzene rings is 2. The van der Waals surface area contributed by atoms with Gasteiger partial charge >= 0.3 is 11.9 Å². The molecule has 2 atom stereocenters. The van der Waals surface area contributed by atoms with E-state index in [1.165, 1.54) is 7.11 Å². The molecule has 0 spiro atoms. The molecule has 0 aromatic heterocycles. The highest BCUT2D eigenvalue weighted by Gasteiger charge is 2.47. The lowest BCUT2D eigenvalue weighted by Gasteiger charge is -2.27. The molecule has 1 aliphatic heterocycles. The summed E-state index contributed by atoms with van der Waals surface area (Å²) in [4.78, 5) is 25.0. The SMILES string of the molecule is CCOC(=O)C1=NN(c2ccccc2)[C@H](c2ccccc2)[C@H]1C(=O)OC. The lowest BCUT2D eigenvalue weighted by Crippen LogP contribution is -2.35. The summed E-state index contributed by atoms with van der Waals surface area (Å²) in [5.41, 5.74) is 1.68. The maximum Gasteiger partial charge on any atom is 0.355 e. The predicted molar refractivity (Wildman–Crippen MR) is 97.7 cm³/mol. The fourth-order valence-corrected chi connectivity index (χ4v) is 3.05. The van der Waals surface area contributed by atoms with Crippen LogP contribution < -0.4 is 5.01 Å². The van der Waals surface area contributed by atoms with Crippen LogP contribution in [0.3, 0.4) is 0 Å². The van der Waals surface area contributed by atoms with E-state index in [1.807, 2.05) is 60.7 Å². The van der Waals surface area contributed by atoms with Crippen molar-refractivity contribution < 1.29 is 19.1 Å². The van der Waals surface area contributed by atoms with Crippen molar-refractivity contribution in [3.63, 3.8) is 0 Å². The second-order valence-corrected chi connectivity index (χ2v) is 5.74. The monoisotopic (exact) mass is 352 g/mol. The Hall–Kier alpha value is -3.15. The first-order valence-corrected chi connectivity index (χ1v) is 8.40. The van der Waals surface area contributed by atoms with Crippen LogP contribution in [0.15, 0.2) is 65.8 Å². The van der Waals surface area contributed by atoms with Gasteiger partial charge in [-0.15, -0.1) is 0 Å². The summed E-state index contributed by atoms with van der Waals surface area (Å²) in [5, 5.41) is 6.14. The summed E-state index contributed by atoms with van der Waals surface area (Å²) >= 11 is 0. The molecule has 3 rings (SSSR count). The van der Waals surface area contributed by atoms with Crippen molar-refractivity contribution in [2.75, 3.05) is 18.7 Å². The fourth-order valence-electron chi connectivity index (χ4n) is 3.05. The summed E-state index contributed by atoms with van der Waals surface area (Å²) in [6, 6.07) is 18.4. The van der Waals surface area contributed by atoms with Crippen molar-refractivity contribution in [3.8, 4) is 0 Å². The van der Waals surface area contributed by atoms with Crippen molar-refractivity contribution in [2.24, 2.45) is 11.0 Å². The van der Waals surface area contributed by atoms with Crippen LogP contribution >= 0.6 is 0 Å². The standard InChI is InChI=1S/C20H20N2O4/c1-3-26-20(24)17-16(19(23)25-2)18(14-10-6-4-7-11-14)22(21-17)15-12-8-5-9-13-15/h4-13,16,18H,3H2,1-2H3/t16-,18+/m0/s1. The van der Waals surface area contributed by atoms with Crippen molar-refractivity contribution in [3.05, 3.63) is 66.2 Å². The lowest BCUT2D eigenvalue weighted by atomic mass is 9.89. The molecule has 0 saturated carbocycles. The van der Waals surface area contributed by atoms with Crippen molar-refractivity contribution >= 4 is 23.3 Å². The molecule has 2 aromatic rings. The molecule has 0 bridgehead atoms. The van der Waals surface area contributed by atoms with Crippen LogP contribution in [0.5, 0.6) is 0 Å². The highest BCUT2D eigenvalue weighted by atomic mass is 16.5. The van der Waals surface area contributed by atoms with E-state index in [2.05, 4.69) is 5.10 Å². The predicted octanol–water partition coefficient (Wildman–Crippen LogP) is 2.96. The van der Waals surface area contributed by atoms with E-state index in [9.17, 15) is 9.59 Å². The van der Waals surface area contributed by atoms with Gasteiger partial charge < -0.3 is 9.47 Å². The number of anilines is 1. The van der Waals surface area contributed by atoms with Crippen LogP contribution in [0.4, 0.5) is 5.69 Å². The van der Waals surface area contributed by atoms with Gasteiger partial charge in [0.25, 0.3) is 0 Å². The fraction of sp³-hybridized carbons (Fsp3) is 0.250. The van der Waals surface area contributed by atoms with Gasteiger partial charge in [0.1, 0.15) is 5.92 Å². The van der Waals surface area contributed by atoms with E-state index in [0.717, 1.165) is 11.3 Å². The van der Waals surface area contributed by atoms with Crippen LogP contribution in [0.2, 0.25) is 0 Å². The van der Waals surface area contributed by atoms with Gasteiger partial charge in [-0.1, -0.05) is 48.5 Å². The minimum atomic E-state index is -0.873. The molecule has 2 aromatic carbocycles. The lowest BCUT2D eigenvalue weighted by molar-refractivity contribution is -0.145. The summed E-state index contributed by atoms with van der Waals surface area (Å²) < 4.78 is 10.1. The van der Waals surface area contributed by atoms with Crippen LogP contribution in [-0.4, -0.2) is 31.4 Å². The Morgan fingerprint density at radius 1 is 1.04 bits per heavy atom. The minimum absolute atomic E-state index is 0.0522. The molecule has 6 heteroatoms. The van der Waals surface area contributed by atoms with E-state index in [0.29, 0.717) is 0 Å². The number of carbonyl (C=O) groups excluding carboxylic acids is 2. The largest absolute Gasteiger partial charge is 0.468 e. The molecule has 26 heavy (non-hydrogen) atoms. The summed E-state index contributed by atoms with van der Waals surface area (Å²) in [5.74, 6) is -2.01. The molecule has 1 heterocycles. The average Bonchev–Trinajstić information content (AvgIpc) is 3.09. The van der Waals surface area contributed by atoms with Crippen LogP contribution in [0.1, 0.15) is 18.5 Å². The van der Waals surface area contributed by atoms with Crippen molar-refractivity contribution in [1.82, 2.24) is 0 Å². The maximum absolute atomic E-state index is 12.6. The molecule has 0 radical (unpaired) electrons. The molecule has 6 nitrogen and oxygen atoms in total. The Morgan fingerprint density at radius 3 is 2.23 bits per heavy atom. The molecule has 0 amide bonds. The van der Waals surface area contributed by atoms with Crippen molar-refractivity contribution in [2.45, 2.75) is 13.0 Å². The molecule has 0 N–H and O–H groups in total. The number of carbonyl (C=O) groups is 2. The third-order valence-electron chi connectivity index (χ3n) is 4.19. The molecule has 134 valence electrons. The summed E-state index contributed by atoms with van der Waals surface area (Å²) in [6.45, 7) is 1.91. The van der Waals surface area contributed by atoms with Crippen molar-refractivity contribution in [1.29, 1.82) is 0 Å². The van der Waals surface area contributed by atoms with Gasteiger partial charge in [-0.05, 0) is 24.6 Å². The minimum Gasteiger partial charge on any atom is -0.468 e. The van der Waals surface area contributed by atoms with Gasteiger partial charge in [0, 0.05) is 0 Å². The summed E-state index contributed by atoms with van der Waals surface area (Å²) in [7, 11) is 1.30. The average molecular weight is 352 g/mol. The number of rotatable bonds is 5. The number of hydrazone groups is 1. The van der Waals surface area contributed by atoms with Gasteiger partial charge in [-0.25, -0.2) is 4.79 Å². The quantitative estimate of drug-likeness (QED) is 0.774. The normalized spacial score (nSPS) is 19.0. The Morgan fingerprint density at radius 2 is 1.65 bits per heavy atom. The topological polar surface area (TPSA) is 68.2 Å².